The number of hydrogen-bond donors (Lipinski definition) is 5. The number of carbonyl (C=O) groups excluding carboxylic acids is 1. The lowest BCUT2D eigenvalue weighted by atomic mass is 9.73. The van der Waals surface area contributed by atoms with Crippen LogP contribution in [-0.2, 0) is 37.7 Å². The average Bonchev–Trinajstić information content (AvgIpc) is 3.17. The number of nitrogens with zero attached hydrogens (tertiary/aromatic N) is 2. The maximum Gasteiger partial charge on any atom is 0.311 e. The number of ether oxygens (including phenoxy) is 6. The third kappa shape index (κ3) is 11.6. The zero-order valence-corrected chi connectivity index (χ0v) is 42.6. The van der Waals surface area contributed by atoms with E-state index in [1.54, 1.807) is 41.5 Å². The van der Waals surface area contributed by atoms with Crippen molar-refractivity contribution < 1.29 is 63.3 Å². The maximum atomic E-state index is 14.5. The van der Waals surface area contributed by atoms with Crippen LogP contribution < -0.4 is 0 Å². The molecule has 0 aromatic carbocycles. The lowest BCUT2D eigenvalue weighted by molar-refractivity contribution is -0.317. The first-order valence-electron chi connectivity index (χ1n) is 23.2. The molecule has 3 saturated heterocycles. The van der Waals surface area contributed by atoms with Crippen LogP contribution >= 0.6 is 0 Å². The van der Waals surface area contributed by atoms with E-state index in [4.69, 9.17) is 38.1 Å². The molecule has 0 unspecified atom stereocenters. The topological polar surface area (TPSA) is 198 Å². The minimum absolute atomic E-state index is 0.0200. The fourth-order valence-electron chi connectivity index (χ4n) is 11.0. The van der Waals surface area contributed by atoms with E-state index in [-0.39, 0.29) is 48.0 Å². The second kappa shape index (κ2) is 21.6. The van der Waals surface area contributed by atoms with Crippen LogP contribution in [0.1, 0.15) is 136 Å². The predicted molar refractivity (Wildman–Crippen MR) is 241 cm³/mol. The van der Waals surface area contributed by atoms with Crippen molar-refractivity contribution in [2.75, 3.05) is 21.2 Å². The van der Waals surface area contributed by atoms with Crippen molar-refractivity contribution in [1.29, 1.82) is 0 Å². The molecule has 0 amide bonds. The molecule has 62 heavy (non-hydrogen) atoms. The molecule has 3 aliphatic rings. The molecule has 0 aromatic heterocycles. The molecule has 0 radical (unpaired) electrons. The largest absolute Gasteiger partial charge is 0.459 e. The Morgan fingerprint density at radius 3 is 1.92 bits per heavy atom. The van der Waals surface area contributed by atoms with E-state index in [9.17, 15) is 30.3 Å². The predicted octanol–water partition coefficient (Wildman–Crippen LogP) is 5.76. The number of methoxy groups -OCH3 is 1. The fraction of sp³-hybridized carbons (Fsp3) is 0.957. The molecule has 3 aliphatic heterocycles. The first kappa shape index (κ1) is 55.0. The SMILES string of the molecule is CC[C@H]1OC(=O)[C@H](C)[C@@H](O[C@H]2C[C@@](C)(OC)[C@@H](O)[C@H](C)O2)[C@H](C)[C@@H](O[C@@H]2O[C@H](C)C[C@H](N(C)C)[C@H]2O)[C@](C)(O)C[C@@H](C)/C(=N\O[Si](C(C)C)(C(C)C)C(C)C)[C@H](C)[C@@H](O)[C@]1(C)O. The Balaban J connectivity index is 2.34. The minimum atomic E-state index is -2.61. The molecule has 15 nitrogen and oxygen atoms in total. The van der Waals surface area contributed by atoms with Crippen LogP contribution in [0.15, 0.2) is 5.16 Å². The Morgan fingerprint density at radius 1 is 0.855 bits per heavy atom. The van der Waals surface area contributed by atoms with Gasteiger partial charge >= 0.3 is 5.97 Å². The van der Waals surface area contributed by atoms with Crippen LogP contribution in [0.5, 0.6) is 0 Å². The zero-order chi connectivity index (χ0) is 47.6. The summed E-state index contributed by atoms with van der Waals surface area (Å²) in [5.74, 6) is -3.98. The summed E-state index contributed by atoms with van der Waals surface area (Å²) in [4.78, 5) is 16.4. The molecule has 3 fully saturated rings. The summed E-state index contributed by atoms with van der Waals surface area (Å²) in [6.07, 6.45) is -9.24. The molecule has 0 saturated carbocycles. The number of oxime groups is 1. The molecular weight excluding hydrogens is 817 g/mol. The number of hydrogen-bond acceptors (Lipinski definition) is 15. The molecule has 18 atom stereocenters. The van der Waals surface area contributed by atoms with Gasteiger partial charge in [-0.15, -0.1) is 5.16 Å². The number of rotatable bonds is 12. The molecule has 3 rings (SSSR count). The van der Waals surface area contributed by atoms with Crippen molar-refractivity contribution in [1.82, 2.24) is 4.90 Å². The van der Waals surface area contributed by atoms with Gasteiger partial charge in [0.1, 0.15) is 23.9 Å². The first-order chi connectivity index (χ1) is 28.4. The zero-order valence-electron chi connectivity index (χ0n) is 41.6. The number of aliphatic hydroxyl groups is 5. The van der Waals surface area contributed by atoms with Gasteiger partial charge in [0.15, 0.2) is 12.6 Å². The van der Waals surface area contributed by atoms with Gasteiger partial charge in [-0.1, -0.05) is 69.2 Å². The third-order valence-electron chi connectivity index (χ3n) is 14.9. The van der Waals surface area contributed by atoms with Gasteiger partial charge in [0.05, 0.1) is 53.4 Å². The van der Waals surface area contributed by atoms with E-state index in [1.165, 1.54) is 14.0 Å². The third-order valence-corrected chi connectivity index (χ3v) is 20.7. The first-order valence-corrected chi connectivity index (χ1v) is 25.4. The van der Waals surface area contributed by atoms with Crippen molar-refractivity contribution >= 4 is 20.0 Å². The van der Waals surface area contributed by atoms with Gasteiger partial charge in [-0.05, 0) is 91.5 Å². The fourth-order valence-corrected chi connectivity index (χ4v) is 15.9. The molecule has 364 valence electrons. The summed E-state index contributed by atoms with van der Waals surface area (Å²) in [5, 5.41) is 65.2. The monoisotopic (exact) mass is 905 g/mol. The van der Waals surface area contributed by atoms with Gasteiger partial charge in [0.25, 0.3) is 8.32 Å². The molecule has 16 heteroatoms. The van der Waals surface area contributed by atoms with E-state index in [1.807, 2.05) is 39.8 Å². The number of likely N-dealkylation sites (N-methyl/N-ethyl adjacent to an activating group) is 1. The summed E-state index contributed by atoms with van der Waals surface area (Å²) in [5.41, 5.74) is -3.76. The summed E-state index contributed by atoms with van der Waals surface area (Å²) >= 11 is 0. The Labute approximate surface area is 374 Å². The van der Waals surface area contributed by atoms with Crippen LogP contribution in [-0.4, -0.2) is 156 Å². The lowest BCUT2D eigenvalue weighted by Crippen LogP contribution is -2.61. The minimum Gasteiger partial charge on any atom is -0.459 e. The highest BCUT2D eigenvalue weighted by Crippen LogP contribution is 2.44. The maximum absolute atomic E-state index is 14.5. The average molecular weight is 905 g/mol. The van der Waals surface area contributed by atoms with Gasteiger partial charge in [-0.25, -0.2) is 0 Å². The lowest BCUT2D eigenvalue weighted by Gasteiger charge is -2.49. The standard InChI is InChI=1S/C46H88N2O13Si/c1-20-34-46(16,54)39(50)29(10)36(47-61-62(24(2)3,25(4)5)26(6)7)27(8)22-44(14,53)41(60-43-37(49)33(48(17)18)21-28(9)56-43)30(11)38(31(12)42(52)58-34)59-35-23-45(15,55-19)40(51)32(13)57-35/h24-35,37-41,43,49-51,53-54H,20-23H2,1-19H3/b47-36+/t27-,28-,29+,30+,31-,32+,33+,34-,35+,37-,38+,39-,40+,41-,43+,44-,45-,46-/m1/s1. The summed E-state index contributed by atoms with van der Waals surface area (Å²) in [7, 11) is 2.66. The van der Waals surface area contributed by atoms with Gasteiger partial charge in [-0.3, -0.25) is 4.79 Å². The molecule has 0 aromatic rings. The number of cyclic esters (lactones) is 1. The van der Waals surface area contributed by atoms with Gasteiger partial charge < -0.3 is 63.4 Å². The second-order valence-electron chi connectivity index (χ2n) is 21.0. The van der Waals surface area contributed by atoms with Crippen molar-refractivity contribution in [3.05, 3.63) is 0 Å². The Bertz CT molecular complexity index is 1440. The summed E-state index contributed by atoms with van der Waals surface area (Å²) in [6.45, 7) is 30.3. The molecular formula is C46H88N2O13Si. The summed E-state index contributed by atoms with van der Waals surface area (Å²) in [6, 6.07) is -0.318. The van der Waals surface area contributed by atoms with Crippen LogP contribution in [0.25, 0.3) is 0 Å². The highest BCUT2D eigenvalue weighted by Gasteiger charge is 2.54. The Hall–Kier alpha value is -1.28. The van der Waals surface area contributed by atoms with Gasteiger partial charge in [0, 0.05) is 37.3 Å². The van der Waals surface area contributed by atoms with E-state index < -0.39 is 110 Å². The highest BCUT2D eigenvalue weighted by molar-refractivity contribution is 6.77. The van der Waals surface area contributed by atoms with E-state index >= 15 is 0 Å². The van der Waals surface area contributed by atoms with Gasteiger partial charge in [0.2, 0.25) is 0 Å². The smallest absolute Gasteiger partial charge is 0.311 e. The summed E-state index contributed by atoms with van der Waals surface area (Å²) < 4.78 is 44.9. The van der Waals surface area contributed by atoms with E-state index in [0.29, 0.717) is 12.1 Å². The number of carbonyl (C=O) groups is 1. The van der Waals surface area contributed by atoms with Crippen LogP contribution in [0.3, 0.4) is 0 Å². The van der Waals surface area contributed by atoms with Crippen molar-refractivity contribution in [2.24, 2.45) is 28.8 Å². The number of aliphatic hydroxyl groups excluding tert-OH is 3. The Morgan fingerprint density at radius 2 is 1.42 bits per heavy atom. The molecule has 5 N–H and O–H groups in total. The quantitative estimate of drug-likeness (QED) is 0.0900. The molecule has 3 heterocycles. The molecule has 0 bridgehead atoms. The van der Waals surface area contributed by atoms with Gasteiger partial charge in [-0.2, -0.15) is 0 Å². The van der Waals surface area contributed by atoms with E-state index in [2.05, 4.69) is 41.5 Å². The van der Waals surface area contributed by atoms with Crippen molar-refractivity contribution in [3.8, 4) is 0 Å². The van der Waals surface area contributed by atoms with E-state index in [0.717, 1.165) is 0 Å². The van der Waals surface area contributed by atoms with Crippen LogP contribution in [0.4, 0.5) is 0 Å². The highest BCUT2D eigenvalue weighted by atomic mass is 28.4. The molecule has 0 aliphatic carbocycles. The van der Waals surface area contributed by atoms with Crippen LogP contribution in [0.2, 0.25) is 16.6 Å². The van der Waals surface area contributed by atoms with Crippen LogP contribution in [0, 0.1) is 23.7 Å². The van der Waals surface area contributed by atoms with Crippen molar-refractivity contribution in [3.63, 3.8) is 0 Å². The Kier molecular flexibility index (Phi) is 19.1. The number of esters is 1. The van der Waals surface area contributed by atoms with Crippen molar-refractivity contribution in [2.45, 2.75) is 237 Å². The molecule has 0 spiro atoms. The second-order valence-corrected chi connectivity index (χ2v) is 26.3. The normalized spacial score (nSPS) is 44.2.